The van der Waals surface area contributed by atoms with Gasteiger partial charge in [0.05, 0.1) is 4.90 Å². The van der Waals surface area contributed by atoms with Gasteiger partial charge in [0.15, 0.2) is 0 Å². The first kappa shape index (κ1) is 15.9. The molecule has 5 nitrogen and oxygen atoms in total. The van der Waals surface area contributed by atoms with Gasteiger partial charge < -0.3 is 10.3 Å². The Kier molecular flexibility index (Phi) is 5.17. The van der Waals surface area contributed by atoms with Gasteiger partial charge in [-0.25, -0.2) is 13.1 Å². The van der Waals surface area contributed by atoms with Gasteiger partial charge in [-0.2, -0.15) is 11.8 Å². The molecule has 7 heteroatoms. The quantitative estimate of drug-likeness (QED) is 0.866. The van der Waals surface area contributed by atoms with Crippen LogP contribution >= 0.6 is 11.8 Å². The van der Waals surface area contributed by atoms with Crippen LogP contribution in [0.5, 0.6) is 0 Å². The van der Waals surface area contributed by atoms with Gasteiger partial charge >= 0.3 is 0 Å². The molecule has 0 aromatic carbocycles. The number of thioether (sulfide) groups is 1. The van der Waals surface area contributed by atoms with Crippen LogP contribution in [0.2, 0.25) is 0 Å². The van der Waals surface area contributed by atoms with Crippen LogP contribution in [0.15, 0.2) is 17.2 Å². The van der Waals surface area contributed by atoms with Crippen LogP contribution < -0.4 is 10.5 Å². The van der Waals surface area contributed by atoms with Gasteiger partial charge in [-0.3, -0.25) is 0 Å². The molecule has 1 unspecified atom stereocenters. The van der Waals surface area contributed by atoms with Crippen molar-refractivity contribution in [2.45, 2.75) is 50.2 Å². The first-order chi connectivity index (χ1) is 9.44. The fourth-order valence-corrected chi connectivity index (χ4v) is 4.91. The Bertz CT molecular complexity index is 546. The van der Waals surface area contributed by atoms with Crippen molar-refractivity contribution >= 4 is 21.8 Å². The van der Waals surface area contributed by atoms with Crippen LogP contribution in [0.3, 0.4) is 0 Å². The molecule has 2 rings (SSSR count). The number of nitrogens with zero attached hydrogens (tertiary/aromatic N) is 1. The lowest BCUT2D eigenvalue weighted by molar-refractivity contribution is 0.541. The van der Waals surface area contributed by atoms with Crippen LogP contribution in [-0.4, -0.2) is 30.5 Å². The number of aromatic nitrogens is 1. The van der Waals surface area contributed by atoms with Crippen molar-refractivity contribution in [3.05, 3.63) is 18.0 Å². The summed E-state index contributed by atoms with van der Waals surface area (Å²) in [4.78, 5) is 0.322. The minimum atomic E-state index is -3.44. The molecule has 0 radical (unpaired) electrons. The van der Waals surface area contributed by atoms with Crippen LogP contribution in [-0.2, 0) is 16.6 Å². The van der Waals surface area contributed by atoms with Gasteiger partial charge in [-0.1, -0.05) is 0 Å². The van der Waals surface area contributed by atoms with Crippen molar-refractivity contribution in [1.82, 2.24) is 9.29 Å². The van der Waals surface area contributed by atoms with Crippen molar-refractivity contribution in [1.29, 1.82) is 0 Å². The van der Waals surface area contributed by atoms with Gasteiger partial charge in [0.2, 0.25) is 10.0 Å². The molecule has 0 bridgehead atoms. The summed E-state index contributed by atoms with van der Waals surface area (Å²) in [5.41, 5.74) is 6.54. The molecule has 1 fully saturated rings. The summed E-state index contributed by atoms with van der Waals surface area (Å²) in [6.45, 7) is 4.37. The molecule has 3 N–H and O–H groups in total. The van der Waals surface area contributed by atoms with E-state index in [1.807, 2.05) is 18.4 Å². The maximum Gasteiger partial charge on any atom is 0.242 e. The first-order valence-electron chi connectivity index (χ1n) is 6.95. The highest BCUT2D eigenvalue weighted by atomic mass is 32.2. The van der Waals surface area contributed by atoms with Gasteiger partial charge in [-0.05, 0) is 38.5 Å². The lowest BCUT2D eigenvalue weighted by atomic mass is 10.2. The Morgan fingerprint density at radius 1 is 1.55 bits per heavy atom. The molecule has 114 valence electrons. The fourth-order valence-electron chi connectivity index (χ4n) is 2.41. The van der Waals surface area contributed by atoms with Crippen molar-refractivity contribution in [2.24, 2.45) is 5.73 Å². The fraction of sp³-hybridized carbons (Fsp3) is 0.692. The molecule has 0 spiro atoms. The molecule has 2 heterocycles. The second-order valence-corrected chi connectivity index (χ2v) is 8.27. The average molecular weight is 317 g/mol. The monoisotopic (exact) mass is 317 g/mol. The minimum Gasteiger partial charge on any atom is -0.346 e. The zero-order valence-electron chi connectivity index (χ0n) is 12.0. The maximum absolute atomic E-state index is 12.4. The molecule has 20 heavy (non-hydrogen) atoms. The Balaban J connectivity index is 2.20. The average Bonchev–Trinajstić information content (AvgIpc) is 2.84. The molecule has 1 aliphatic heterocycles. The molecule has 1 atom stereocenters. The molecule has 1 aromatic rings. The van der Waals surface area contributed by atoms with Crippen molar-refractivity contribution in [3.8, 4) is 0 Å². The predicted octanol–water partition coefficient (Wildman–Crippen LogP) is 1.70. The Labute approximate surface area is 125 Å². The predicted molar refractivity (Wildman–Crippen MR) is 83.4 cm³/mol. The highest BCUT2D eigenvalue weighted by molar-refractivity contribution is 7.99. The van der Waals surface area contributed by atoms with Crippen molar-refractivity contribution in [3.63, 3.8) is 0 Å². The standard InChI is InChI=1S/C13H23N3O2S2/c1-10(2)16-8-13(6-12(16)7-14)20(17,18)15-11-4-3-5-19-9-11/h6,8,10-11,15H,3-5,7,9,14H2,1-2H3. The van der Waals surface area contributed by atoms with E-state index >= 15 is 0 Å². The summed E-state index contributed by atoms with van der Waals surface area (Å²) in [5, 5.41) is 0. The molecule has 1 saturated heterocycles. The second kappa shape index (κ2) is 6.51. The molecule has 1 aromatic heterocycles. The lowest BCUT2D eigenvalue weighted by Gasteiger charge is -2.21. The Morgan fingerprint density at radius 2 is 2.30 bits per heavy atom. The van der Waals surface area contributed by atoms with Crippen molar-refractivity contribution in [2.75, 3.05) is 11.5 Å². The van der Waals surface area contributed by atoms with Gasteiger partial charge in [0.1, 0.15) is 0 Å². The van der Waals surface area contributed by atoms with E-state index in [0.29, 0.717) is 11.4 Å². The lowest BCUT2D eigenvalue weighted by Crippen LogP contribution is -2.38. The van der Waals surface area contributed by atoms with E-state index in [-0.39, 0.29) is 12.1 Å². The first-order valence-corrected chi connectivity index (χ1v) is 9.58. The molecule has 0 aliphatic carbocycles. The third kappa shape index (κ3) is 3.58. The number of nitrogens with one attached hydrogen (secondary N) is 1. The topological polar surface area (TPSA) is 77.1 Å². The smallest absolute Gasteiger partial charge is 0.242 e. The normalized spacial score (nSPS) is 20.5. The number of sulfonamides is 1. The van der Waals surface area contributed by atoms with E-state index in [4.69, 9.17) is 5.73 Å². The summed E-state index contributed by atoms with van der Waals surface area (Å²) < 4.78 is 29.6. The molecular weight excluding hydrogens is 294 g/mol. The highest BCUT2D eigenvalue weighted by Gasteiger charge is 2.24. The largest absolute Gasteiger partial charge is 0.346 e. The van der Waals surface area contributed by atoms with Gasteiger partial charge in [0, 0.05) is 36.3 Å². The summed E-state index contributed by atoms with van der Waals surface area (Å²) in [6, 6.07) is 1.92. The van der Waals surface area contributed by atoms with E-state index in [2.05, 4.69) is 4.72 Å². The second-order valence-electron chi connectivity index (χ2n) is 5.41. The highest BCUT2D eigenvalue weighted by Crippen LogP contribution is 2.22. The van der Waals surface area contributed by atoms with Crippen LogP contribution in [0.25, 0.3) is 0 Å². The third-order valence-electron chi connectivity index (χ3n) is 3.46. The molecular formula is C13H23N3O2S2. The van der Waals surface area contributed by atoms with E-state index in [0.717, 1.165) is 30.0 Å². The summed E-state index contributed by atoms with van der Waals surface area (Å²) in [6.07, 6.45) is 3.67. The number of rotatable bonds is 5. The maximum atomic E-state index is 12.4. The number of nitrogens with two attached hydrogens (primary N) is 1. The van der Waals surface area contributed by atoms with E-state index < -0.39 is 10.0 Å². The van der Waals surface area contributed by atoms with E-state index in [1.54, 1.807) is 24.0 Å². The van der Waals surface area contributed by atoms with Gasteiger partial charge in [0.25, 0.3) is 0 Å². The summed E-state index contributed by atoms with van der Waals surface area (Å²) >= 11 is 1.80. The Hall–Kier alpha value is -0.500. The van der Waals surface area contributed by atoms with E-state index in [9.17, 15) is 8.42 Å². The third-order valence-corrected chi connectivity index (χ3v) is 6.17. The zero-order chi connectivity index (χ0) is 14.8. The summed E-state index contributed by atoms with van der Waals surface area (Å²) in [7, 11) is -3.44. The molecule has 0 amide bonds. The van der Waals surface area contributed by atoms with Crippen LogP contribution in [0, 0.1) is 0 Å². The Morgan fingerprint density at radius 3 is 2.80 bits per heavy atom. The minimum absolute atomic E-state index is 0.0440. The summed E-state index contributed by atoms with van der Waals surface area (Å²) in [5.74, 6) is 1.98. The zero-order valence-corrected chi connectivity index (χ0v) is 13.6. The number of hydrogen-bond acceptors (Lipinski definition) is 4. The van der Waals surface area contributed by atoms with Crippen LogP contribution in [0.1, 0.15) is 38.4 Å². The van der Waals surface area contributed by atoms with Crippen molar-refractivity contribution < 1.29 is 8.42 Å². The SMILES string of the molecule is CC(C)n1cc(S(=O)(=O)NC2CCCSC2)cc1CN. The molecule has 0 saturated carbocycles. The molecule has 1 aliphatic rings. The van der Waals surface area contributed by atoms with Crippen LogP contribution in [0.4, 0.5) is 0 Å². The van der Waals surface area contributed by atoms with E-state index in [1.165, 1.54) is 0 Å². The number of hydrogen-bond donors (Lipinski definition) is 2. The van der Waals surface area contributed by atoms with Gasteiger partial charge in [-0.15, -0.1) is 0 Å².